The van der Waals surface area contributed by atoms with Crippen LogP contribution in [-0.4, -0.2) is 25.0 Å². The minimum atomic E-state index is 1.12. The zero-order chi connectivity index (χ0) is 14.3. The SMILES string of the molecule is C/C=C1/CN(C)C/C1=C/C.C=CC.CC.CC. The molecule has 0 bridgehead atoms. The predicted molar refractivity (Wildman–Crippen MR) is 83.6 cm³/mol. The van der Waals surface area contributed by atoms with Crippen LogP contribution in [-0.2, 0) is 0 Å². The van der Waals surface area contributed by atoms with E-state index < -0.39 is 0 Å². The second-order valence-electron chi connectivity index (χ2n) is 3.21. The van der Waals surface area contributed by atoms with Crippen LogP contribution in [0.4, 0.5) is 0 Å². The highest BCUT2D eigenvalue weighted by molar-refractivity contribution is 5.36. The molecule has 1 heteroatoms. The molecule has 0 N–H and O–H groups in total. The molecule has 0 amide bonds. The van der Waals surface area contributed by atoms with Gasteiger partial charge < -0.3 is 0 Å². The van der Waals surface area contributed by atoms with Crippen molar-refractivity contribution >= 4 is 0 Å². The van der Waals surface area contributed by atoms with Crippen LogP contribution in [0.25, 0.3) is 0 Å². The van der Waals surface area contributed by atoms with E-state index in [1.807, 2.05) is 34.6 Å². The molecule has 0 aromatic carbocycles. The molecule has 0 spiro atoms. The van der Waals surface area contributed by atoms with Gasteiger partial charge in [-0.2, -0.15) is 0 Å². The van der Waals surface area contributed by atoms with Gasteiger partial charge in [0.05, 0.1) is 0 Å². The molecule has 1 saturated heterocycles. The van der Waals surface area contributed by atoms with Gasteiger partial charge in [-0.25, -0.2) is 0 Å². The van der Waals surface area contributed by atoms with E-state index in [2.05, 4.69) is 44.5 Å². The highest BCUT2D eigenvalue weighted by Crippen LogP contribution is 2.19. The zero-order valence-electron chi connectivity index (χ0n) is 13.3. The van der Waals surface area contributed by atoms with Gasteiger partial charge in [-0.1, -0.05) is 45.9 Å². The first-order chi connectivity index (χ1) is 8.19. The second kappa shape index (κ2) is 17.6. The van der Waals surface area contributed by atoms with Crippen LogP contribution in [0.5, 0.6) is 0 Å². The summed E-state index contributed by atoms with van der Waals surface area (Å²) in [7, 11) is 2.15. The highest BCUT2D eigenvalue weighted by Gasteiger charge is 2.15. The molecule has 0 aliphatic carbocycles. The third kappa shape index (κ3) is 11.4. The molecule has 0 atom stereocenters. The summed E-state index contributed by atoms with van der Waals surface area (Å²) in [6, 6.07) is 0. The third-order valence-corrected chi connectivity index (χ3v) is 1.99. The van der Waals surface area contributed by atoms with Crippen LogP contribution in [0.1, 0.15) is 48.5 Å². The molecule has 1 heterocycles. The van der Waals surface area contributed by atoms with Crippen molar-refractivity contribution in [1.82, 2.24) is 4.90 Å². The number of likely N-dealkylation sites (tertiary alicyclic amines) is 1. The van der Waals surface area contributed by atoms with Crippen LogP contribution in [0.2, 0.25) is 0 Å². The third-order valence-electron chi connectivity index (χ3n) is 1.99. The zero-order valence-corrected chi connectivity index (χ0v) is 13.3. The minimum absolute atomic E-state index is 1.12. The van der Waals surface area contributed by atoms with Crippen molar-refractivity contribution in [3.63, 3.8) is 0 Å². The summed E-state index contributed by atoms with van der Waals surface area (Å²) in [4.78, 5) is 2.32. The number of nitrogens with zero attached hydrogens (tertiary/aromatic N) is 1. The molecule has 1 rings (SSSR count). The molecule has 1 fully saturated rings. The number of hydrogen-bond donors (Lipinski definition) is 0. The van der Waals surface area contributed by atoms with Gasteiger partial charge in [-0.3, -0.25) is 4.90 Å². The lowest BCUT2D eigenvalue weighted by molar-refractivity contribution is 0.437. The Hall–Kier alpha value is -0.820. The van der Waals surface area contributed by atoms with Gasteiger partial charge in [-0.05, 0) is 39.0 Å². The fourth-order valence-electron chi connectivity index (χ4n) is 1.39. The average Bonchev–Trinajstić information content (AvgIpc) is 2.75. The predicted octanol–water partition coefficient (Wildman–Crippen LogP) is 5.07. The van der Waals surface area contributed by atoms with E-state index in [1.165, 1.54) is 11.1 Å². The highest BCUT2D eigenvalue weighted by atomic mass is 15.1. The number of hydrogen-bond acceptors (Lipinski definition) is 1. The largest absolute Gasteiger partial charge is 0.298 e. The standard InChI is InChI=1S/C9H15N.C3H6.2C2H6/c1-4-8-6-10(3)7-9(8)5-2;1-3-2;2*1-2/h4-5H,6-7H2,1-3H3;3H,1H2,2H3;2*1-2H3/b8-4-,9-5-;;;. The van der Waals surface area contributed by atoms with E-state index in [9.17, 15) is 0 Å². The van der Waals surface area contributed by atoms with E-state index in [4.69, 9.17) is 0 Å². The molecular formula is C16H33N. The summed E-state index contributed by atoms with van der Waals surface area (Å²) in [6.45, 7) is 19.7. The van der Waals surface area contributed by atoms with Crippen LogP contribution >= 0.6 is 0 Å². The normalized spacial score (nSPS) is 18.4. The maximum atomic E-state index is 3.36. The van der Waals surface area contributed by atoms with Crippen molar-refractivity contribution < 1.29 is 0 Å². The molecule has 1 aliphatic rings. The van der Waals surface area contributed by atoms with E-state index in [0.29, 0.717) is 0 Å². The van der Waals surface area contributed by atoms with E-state index in [1.54, 1.807) is 6.08 Å². The van der Waals surface area contributed by atoms with Gasteiger partial charge in [0, 0.05) is 13.1 Å². The fourth-order valence-corrected chi connectivity index (χ4v) is 1.39. The van der Waals surface area contributed by atoms with Gasteiger partial charge in [-0.15, -0.1) is 6.58 Å². The molecule has 0 aromatic rings. The minimum Gasteiger partial charge on any atom is -0.298 e. The topological polar surface area (TPSA) is 3.24 Å². The van der Waals surface area contributed by atoms with Crippen LogP contribution in [0.15, 0.2) is 36.0 Å². The first-order valence-corrected chi connectivity index (χ1v) is 6.75. The first kappa shape index (κ1) is 21.5. The summed E-state index contributed by atoms with van der Waals surface area (Å²) in [5.74, 6) is 0. The van der Waals surface area contributed by atoms with E-state index in [0.717, 1.165) is 13.1 Å². The smallest absolute Gasteiger partial charge is 0.0234 e. The van der Waals surface area contributed by atoms with Crippen LogP contribution in [0, 0.1) is 0 Å². The molecular weight excluding hydrogens is 206 g/mol. The van der Waals surface area contributed by atoms with E-state index >= 15 is 0 Å². The van der Waals surface area contributed by atoms with Gasteiger partial charge in [0.2, 0.25) is 0 Å². The van der Waals surface area contributed by atoms with Gasteiger partial charge in [0.25, 0.3) is 0 Å². The molecule has 17 heavy (non-hydrogen) atoms. The lowest BCUT2D eigenvalue weighted by atomic mass is 10.1. The molecule has 0 aromatic heterocycles. The van der Waals surface area contributed by atoms with Crippen molar-refractivity contribution in [2.24, 2.45) is 0 Å². The van der Waals surface area contributed by atoms with Gasteiger partial charge in [0.15, 0.2) is 0 Å². The molecule has 1 aliphatic heterocycles. The quantitative estimate of drug-likeness (QED) is 0.533. The Bertz CT molecular complexity index is 192. The first-order valence-electron chi connectivity index (χ1n) is 6.75. The maximum Gasteiger partial charge on any atom is 0.0234 e. The molecule has 0 saturated carbocycles. The van der Waals surface area contributed by atoms with Crippen molar-refractivity contribution in [2.45, 2.75) is 48.5 Å². The van der Waals surface area contributed by atoms with Crippen LogP contribution < -0.4 is 0 Å². The lowest BCUT2D eigenvalue weighted by Gasteiger charge is -2.01. The summed E-state index contributed by atoms with van der Waals surface area (Å²) >= 11 is 0. The average molecular weight is 239 g/mol. The lowest BCUT2D eigenvalue weighted by Crippen LogP contribution is -2.11. The molecule has 1 nitrogen and oxygen atoms in total. The summed E-state index contributed by atoms with van der Waals surface area (Å²) in [6.07, 6.45) is 6.16. The fraction of sp³-hybridized carbons (Fsp3) is 0.625. The Morgan fingerprint density at radius 2 is 1.12 bits per heavy atom. The monoisotopic (exact) mass is 239 g/mol. The van der Waals surface area contributed by atoms with Gasteiger partial charge in [0.1, 0.15) is 0 Å². The number of likely N-dealkylation sites (N-methyl/N-ethyl adjacent to an activating group) is 1. The van der Waals surface area contributed by atoms with Crippen molar-refractivity contribution in [2.75, 3.05) is 20.1 Å². The van der Waals surface area contributed by atoms with Crippen molar-refractivity contribution in [3.8, 4) is 0 Å². The molecule has 0 unspecified atom stereocenters. The summed E-state index contributed by atoms with van der Waals surface area (Å²) in [5.41, 5.74) is 2.98. The molecule has 102 valence electrons. The maximum absolute atomic E-state index is 3.36. The Labute approximate surface area is 110 Å². The summed E-state index contributed by atoms with van der Waals surface area (Å²) < 4.78 is 0. The van der Waals surface area contributed by atoms with Crippen LogP contribution in [0.3, 0.4) is 0 Å². The Kier molecular flexibility index (Phi) is 22.2. The van der Waals surface area contributed by atoms with Gasteiger partial charge >= 0.3 is 0 Å². The Morgan fingerprint density at radius 3 is 1.29 bits per heavy atom. The molecule has 0 radical (unpaired) electrons. The number of rotatable bonds is 0. The van der Waals surface area contributed by atoms with E-state index in [-0.39, 0.29) is 0 Å². The van der Waals surface area contributed by atoms with Crippen molar-refractivity contribution in [3.05, 3.63) is 36.0 Å². The summed E-state index contributed by atoms with van der Waals surface area (Å²) in [5, 5.41) is 0. The number of allylic oxidation sites excluding steroid dienone is 3. The second-order valence-corrected chi connectivity index (χ2v) is 3.21. The van der Waals surface area contributed by atoms with Crippen molar-refractivity contribution in [1.29, 1.82) is 0 Å². The Morgan fingerprint density at radius 1 is 0.882 bits per heavy atom. The Balaban J connectivity index is -0.000000239.